The summed E-state index contributed by atoms with van der Waals surface area (Å²) in [4.78, 5) is 16.4. The van der Waals surface area contributed by atoms with Crippen LogP contribution in [-0.4, -0.2) is 20.7 Å². The fourth-order valence-corrected chi connectivity index (χ4v) is 2.24. The summed E-state index contributed by atoms with van der Waals surface area (Å²) in [5, 5.41) is 0. The van der Waals surface area contributed by atoms with Crippen molar-refractivity contribution in [1.29, 1.82) is 0 Å². The molecule has 0 spiro atoms. The molecule has 0 bridgehead atoms. The Kier molecular flexibility index (Phi) is 2.79. The summed E-state index contributed by atoms with van der Waals surface area (Å²) in [5.74, 6) is 0. The van der Waals surface area contributed by atoms with Crippen molar-refractivity contribution in [2.75, 3.05) is 6.54 Å². The Morgan fingerprint density at radius 3 is 2.76 bits per heavy atom. The lowest BCUT2D eigenvalue weighted by atomic mass is 10.0. The molecule has 0 saturated heterocycles. The van der Waals surface area contributed by atoms with E-state index in [1.165, 1.54) is 0 Å². The number of aromatic nitrogens is 3. The quantitative estimate of drug-likeness (QED) is 0.855. The largest absolute Gasteiger partial charge is 0.330 e. The summed E-state index contributed by atoms with van der Waals surface area (Å²) in [6.45, 7) is 4.59. The summed E-state index contributed by atoms with van der Waals surface area (Å²) in [7, 11) is 1.78. The maximum atomic E-state index is 12.3. The average Bonchev–Trinajstić information content (AvgIpc) is 2.53. The topological polar surface area (TPSA) is 65.8 Å². The zero-order valence-electron chi connectivity index (χ0n) is 10.5. The third kappa shape index (κ3) is 1.76. The van der Waals surface area contributed by atoms with Gasteiger partial charge in [-0.15, -0.1) is 0 Å². The highest BCUT2D eigenvalue weighted by Gasteiger charge is 2.25. The summed E-state index contributed by atoms with van der Waals surface area (Å²) in [5.41, 5.74) is 7.05. The summed E-state index contributed by atoms with van der Waals surface area (Å²) in [6.07, 6.45) is 4.18. The van der Waals surface area contributed by atoms with Gasteiger partial charge in [0.15, 0.2) is 0 Å². The van der Waals surface area contributed by atoms with Crippen LogP contribution in [0.15, 0.2) is 23.3 Å². The van der Waals surface area contributed by atoms with E-state index in [0.717, 1.165) is 17.5 Å². The van der Waals surface area contributed by atoms with Crippen molar-refractivity contribution in [2.24, 2.45) is 12.8 Å². The smallest absolute Gasteiger partial charge is 0.329 e. The molecule has 0 unspecified atom stereocenters. The van der Waals surface area contributed by atoms with E-state index in [2.05, 4.69) is 4.98 Å². The summed E-state index contributed by atoms with van der Waals surface area (Å²) >= 11 is 0. The highest BCUT2D eigenvalue weighted by Crippen LogP contribution is 2.22. The van der Waals surface area contributed by atoms with Gasteiger partial charge in [0.25, 0.3) is 0 Å². The Morgan fingerprint density at radius 2 is 2.12 bits per heavy atom. The molecular formula is C12H18N4O. The lowest BCUT2D eigenvalue weighted by Gasteiger charge is -2.25. The Balaban J connectivity index is 2.78. The lowest BCUT2D eigenvalue weighted by molar-refractivity contribution is 0.330. The van der Waals surface area contributed by atoms with Gasteiger partial charge in [-0.25, -0.2) is 4.79 Å². The van der Waals surface area contributed by atoms with E-state index in [1.807, 2.05) is 19.9 Å². The average molecular weight is 234 g/mol. The van der Waals surface area contributed by atoms with Crippen LogP contribution in [0.25, 0.3) is 11.0 Å². The van der Waals surface area contributed by atoms with Crippen molar-refractivity contribution >= 4 is 11.0 Å². The van der Waals surface area contributed by atoms with Gasteiger partial charge in [-0.2, -0.15) is 0 Å². The molecule has 0 aliphatic carbocycles. The number of pyridine rings is 1. The van der Waals surface area contributed by atoms with Gasteiger partial charge in [-0.3, -0.25) is 14.1 Å². The molecule has 2 aromatic heterocycles. The molecule has 0 amide bonds. The minimum absolute atomic E-state index is 0.0218. The Morgan fingerprint density at radius 1 is 1.41 bits per heavy atom. The molecule has 2 heterocycles. The first-order valence-electron chi connectivity index (χ1n) is 5.71. The highest BCUT2D eigenvalue weighted by molar-refractivity contribution is 5.75. The molecule has 5 nitrogen and oxygen atoms in total. The second-order valence-electron chi connectivity index (χ2n) is 4.89. The van der Waals surface area contributed by atoms with Crippen LogP contribution in [0.5, 0.6) is 0 Å². The van der Waals surface area contributed by atoms with Crippen LogP contribution >= 0.6 is 0 Å². The van der Waals surface area contributed by atoms with Crippen LogP contribution in [0.4, 0.5) is 0 Å². The Labute approximate surface area is 99.9 Å². The number of rotatable bonds is 3. The van der Waals surface area contributed by atoms with E-state index in [9.17, 15) is 4.79 Å². The molecule has 0 aliphatic heterocycles. The van der Waals surface area contributed by atoms with Gasteiger partial charge >= 0.3 is 5.69 Å². The first kappa shape index (κ1) is 11.9. The maximum absolute atomic E-state index is 12.3. The minimum atomic E-state index is -0.297. The van der Waals surface area contributed by atoms with E-state index in [0.29, 0.717) is 6.54 Å². The van der Waals surface area contributed by atoms with Crippen LogP contribution < -0.4 is 11.4 Å². The first-order valence-corrected chi connectivity index (χ1v) is 5.71. The third-order valence-electron chi connectivity index (χ3n) is 3.22. The normalized spacial score (nSPS) is 12.2. The number of nitrogens with two attached hydrogens (primary N) is 1. The van der Waals surface area contributed by atoms with Gasteiger partial charge in [0.1, 0.15) is 0 Å². The van der Waals surface area contributed by atoms with Gasteiger partial charge in [0, 0.05) is 18.8 Å². The number of aryl methyl sites for hydroxylation is 1. The molecule has 17 heavy (non-hydrogen) atoms. The van der Waals surface area contributed by atoms with Crippen LogP contribution in [0, 0.1) is 0 Å². The Hall–Kier alpha value is -1.62. The van der Waals surface area contributed by atoms with Gasteiger partial charge in [-0.1, -0.05) is 0 Å². The predicted molar refractivity (Wildman–Crippen MR) is 68.0 cm³/mol. The SMILES string of the molecule is Cn1c(=O)n(C(C)(C)CCN)c2cnccc21. The third-order valence-corrected chi connectivity index (χ3v) is 3.22. The molecule has 0 radical (unpaired) electrons. The monoisotopic (exact) mass is 234 g/mol. The zero-order chi connectivity index (χ0) is 12.6. The van der Waals surface area contributed by atoms with E-state index < -0.39 is 0 Å². The fourth-order valence-electron chi connectivity index (χ4n) is 2.24. The molecule has 2 N–H and O–H groups in total. The second-order valence-corrected chi connectivity index (χ2v) is 4.89. The van der Waals surface area contributed by atoms with E-state index in [1.54, 1.807) is 28.6 Å². The number of hydrogen-bond acceptors (Lipinski definition) is 3. The van der Waals surface area contributed by atoms with E-state index >= 15 is 0 Å². The minimum Gasteiger partial charge on any atom is -0.330 e. The highest BCUT2D eigenvalue weighted by atomic mass is 16.1. The molecule has 92 valence electrons. The number of fused-ring (bicyclic) bond motifs is 1. The molecule has 2 rings (SSSR count). The molecule has 2 aromatic rings. The van der Waals surface area contributed by atoms with Gasteiger partial charge in [0.2, 0.25) is 0 Å². The fraction of sp³-hybridized carbons (Fsp3) is 0.500. The van der Waals surface area contributed by atoms with Crippen molar-refractivity contribution < 1.29 is 0 Å². The van der Waals surface area contributed by atoms with Crippen LogP contribution in [-0.2, 0) is 12.6 Å². The van der Waals surface area contributed by atoms with Crippen LogP contribution in [0.1, 0.15) is 20.3 Å². The van der Waals surface area contributed by atoms with Crippen molar-refractivity contribution in [3.05, 3.63) is 28.9 Å². The Bertz CT molecular complexity index is 594. The molecule has 0 aliphatic rings. The van der Waals surface area contributed by atoms with E-state index in [-0.39, 0.29) is 11.2 Å². The standard InChI is InChI=1S/C12H18N4O/c1-12(2,5-6-13)16-10-8-14-7-4-9(10)15(3)11(16)17/h4,7-8H,5-6,13H2,1-3H3. The van der Waals surface area contributed by atoms with Crippen molar-refractivity contribution in [1.82, 2.24) is 14.1 Å². The summed E-state index contributed by atoms with van der Waals surface area (Å²) < 4.78 is 3.43. The van der Waals surface area contributed by atoms with Crippen molar-refractivity contribution in [3.8, 4) is 0 Å². The first-order chi connectivity index (χ1) is 7.99. The predicted octanol–water partition coefficient (Wildman–Crippen LogP) is 0.819. The molecular weight excluding hydrogens is 216 g/mol. The number of imidazole rings is 1. The van der Waals surface area contributed by atoms with E-state index in [4.69, 9.17) is 5.73 Å². The maximum Gasteiger partial charge on any atom is 0.329 e. The van der Waals surface area contributed by atoms with Gasteiger partial charge < -0.3 is 5.73 Å². The van der Waals surface area contributed by atoms with Crippen LogP contribution in [0.2, 0.25) is 0 Å². The lowest BCUT2D eigenvalue weighted by Crippen LogP contribution is -2.38. The molecule has 0 atom stereocenters. The summed E-state index contributed by atoms with van der Waals surface area (Å²) in [6, 6.07) is 1.85. The molecule has 0 aromatic carbocycles. The van der Waals surface area contributed by atoms with Gasteiger partial charge in [-0.05, 0) is 32.9 Å². The van der Waals surface area contributed by atoms with Gasteiger partial charge in [0.05, 0.1) is 17.2 Å². The van der Waals surface area contributed by atoms with Crippen LogP contribution in [0.3, 0.4) is 0 Å². The molecule has 0 saturated carbocycles. The number of hydrogen-bond donors (Lipinski definition) is 1. The second kappa shape index (κ2) is 4.00. The zero-order valence-corrected chi connectivity index (χ0v) is 10.5. The molecule has 0 fully saturated rings. The molecule has 5 heteroatoms. The van der Waals surface area contributed by atoms with Crippen molar-refractivity contribution in [3.63, 3.8) is 0 Å². The van der Waals surface area contributed by atoms with Crippen molar-refractivity contribution in [2.45, 2.75) is 25.8 Å². The number of nitrogens with zero attached hydrogens (tertiary/aromatic N) is 3.